The number of benzene rings is 2. The van der Waals surface area contributed by atoms with E-state index in [2.05, 4.69) is 15.2 Å². The summed E-state index contributed by atoms with van der Waals surface area (Å²) < 4.78 is 43.4. The first-order chi connectivity index (χ1) is 14.3. The SMILES string of the molecule is N#Cc1cc(C2=NOC(c3cc(Cl)cc(Cl)c3)C2C(F)(F)F)ccc1-n1cncn1. The van der Waals surface area contributed by atoms with Gasteiger partial charge in [-0.25, -0.2) is 9.67 Å². The van der Waals surface area contributed by atoms with Crippen LogP contribution in [0.5, 0.6) is 0 Å². The molecule has 152 valence electrons. The van der Waals surface area contributed by atoms with Gasteiger partial charge >= 0.3 is 6.18 Å². The van der Waals surface area contributed by atoms with Crippen molar-refractivity contribution in [3.63, 3.8) is 0 Å². The van der Waals surface area contributed by atoms with Crippen LogP contribution in [-0.2, 0) is 4.84 Å². The molecule has 0 bridgehead atoms. The lowest BCUT2D eigenvalue weighted by atomic mass is 9.87. The number of rotatable bonds is 3. The normalized spacial score (nSPS) is 18.6. The van der Waals surface area contributed by atoms with Crippen LogP contribution in [0.15, 0.2) is 54.2 Å². The van der Waals surface area contributed by atoms with Crippen molar-refractivity contribution in [2.45, 2.75) is 12.3 Å². The van der Waals surface area contributed by atoms with Crippen LogP contribution < -0.4 is 0 Å². The van der Waals surface area contributed by atoms with Gasteiger partial charge in [0.25, 0.3) is 0 Å². The van der Waals surface area contributed by atoms with E-state index >= 15 is 0 Å². The quantitative estimate of drug-likeness (QED) is 0.554. The average molecular weight is 452 g/mol. The lowest BCUT2D eigenvalue weighted by Gasteiger charge is -2.22. The second-order valence-electron chi connectivity index (χ2n) is 6.41. The molecular weight excluding hydrogens is 442 g/mol. The van der Waals surface area contributed by atoms with Crippen molar-refractivity contribution in [3.05, 3.63) is 75.8 Å². The molecule has 0 N–H and O–H groups in total. The van der Waals surface area contributed by atoms with Gasteiger partial charge in [0.1, 0.15) is 30.4 Å². The lowest BCUT2D eigenvalue weighted by molar-refractivity contribution is -0.177. The first kappa shape index (κ1) is 20.2. The van der Waals surface area contributed by atoms with Gasteiger partial charge in [0.15, 0.2) is 6.10 Å². The molecule has 30 heavy (non-hydrogen) atoms. The lowest BCUT2D eigenvalue weighted by Crippen LogP contribution is -2.33. The predicted molar refractivity (Wildman–Crippen MR) is 102 cm³/mol. The Morgan fingerprint density at radius 1 is 1.10 bits per heavy atom. The molecule has 3 aromatic rings. The number of oxime groups is 1. The van der Waals surface area contributed by atoms with Gasteiger partial charge in [0.05, 0.1) is 11.3 Å². The molecule has 0 radical (unpaired) electrons. The third-order valence-corrected chi connectivity index (χ3v) is 4.94. The zero-order valence-corrected chi connectivity index (χ0v) is 16.3. The maximum absolute atomic E-state index is 14.0. The van der Waals surface area contributed by atoms with E-state index in [-0.39, 0.29) is 32.4 Å². The second kappa shape index (κ2) is 7.63. The van der Waals surface area contributed by atoms with E-state index in [4.69, 9.17) is 28.0 Å². The molecule has 2 aromatic carbocycles. The Balaban J connectivity index is 1.76. The Morgan fingerprint density at radius 3 is 2.43 bits per heavy atom. The van der Waals surface area contributed by atoms with Gasteiger partial charge in [-0.3, -0.25) is 0 Å². The predicted octanol–water partition coefficient (Wildman–Crippen LogP) is 5.10. The van der Waals surface area contributed by atoms with Crippen LogP contribution in [0, 0.1) is 17.2 Å². The number of hydrogen-bond acceptors (Lipinski definition) is 5. The summed E-state index contributed by atoms with van der Waals surface area (Å²) in [7, 11) is 0. The average Bonchev–Trinajstić information content (AvgIpc) is 3.36. The Labute approximate surface area is 178 Å². The number of aromatic nitrogens is 3. The van der Waals surface area contributed by atoms with Crippen LogP contribution in [0.3, 0.4) is 0 Å². The van der Waals surface area contributed by atoms with Crippen molar-refractivity contribution in [2.24, 2.45) is 11.1 Å². The van der Waals surface area contributed by atoms with E-state index in [9.17, 15) is 18.4 Å². The molecule has 0 saturated heterocycles. The number of alkyl halides is 3. The monoisotopic (exact) mass is 451 g/mol. The molecule has 11 heteroatoms. The first-order valence-corrected chi connectivity index (χ1v) is 9.19. The van der Waals surface area contributed by atoms with Gasteiger partial charge in [-0.05, 0) is 35.9 Å². The number of nitrogens with zero attached hydrogens (tertiary/aromatic N) is 5. The summed E-state index contributed by atoms with van der Waals surface area (Å²) in [5, 5.41) is 17.5. The standard InChI is InChI=1S/C19H10Cl2F3N5O/c20-13-4-11(5-14(21)6-13)18-16(19(22,23)24)17(28-30-18)10-1-2-15(12(3-10)7-25)29-9-26-8-27-29/h1-6,8-9,16,18H. The molecule has 2 atom stereocenters. The Bertz CT molecular complexity index is 1150. The zero-order chi connectivity index (χ0) is 21.5. The van der Waals surface area contributed by atoms with Gasteiger partial charge in [-0.2, -0.15) is 23.5 Å². The van der Waals surface area contributed by atoms with E-state index in [0.717, 1.165) is 0 Å². The summed E-state index contributed by atoms with van der Waals surface area (Å²) in [6.45, 7) is 0. The van der Waals surface area contributed by atoms with E-state index < -0.39 is 18.2 Å². The third kappa shape index (κ3) is 3.72. The molecular formula is C19H10Cl2F3N5O. The molecule has 4 rings (SSSR count). The van der Waals surface area contributed by atoms with Gasteiger partial charge in [0, 0.05) is 15.6 Å². The van der Waals surface area contributed by atoms with Crippen molar-refractivity contribution in [1.82, 2.24) is 14.8 Å². The van der Waals surface area contributed by atoms with Crippen LogP contribution >= 0.6 is 23.2 Å². The van der Waals surface area contributed by atoms with Crippen LogP contribution in [0.4, 0.5) is 13.2 Å². The highest BCUT2D eigenvalue weighted by Gasteiger charge is 2.53. The summed E-state index contributed by atoms with van der Waals surface area (Å²) in [6, 6.07) is 10.3. The fourth-order valence-corrected chi connectivity index (χ4v) is 3.79. The van der Waals surface area contributed by atoms with Crippen LogP contribution in [0.25, 0.3) is 5.69 Å². The van der Waals surface area contributed by atoms with E-state index in [1.165, 1.54) is 53.7 Å². The molecule has 2 heterocycles. The van der Waals surface area contributed by atoms with E-state index in [1.807, 2.05) is 6.07 Å². The maximum Gasteiger partial charge on any atom is 0.401 e. The van der Waals surface area contributed by atoms with Crippen LogP contribution in [0.1, 0.15) is 22.8 Å². The van der Waals surface area contributed by atoms with Gasteiger partial charge in [-0.1, -0.05) is 34.4 Å². The van der Waals surface area contributed by atoms with Crippen LogP contribution in [0.2, 0.25) is 10.0 Å². The number of nitriles is 1. The molecule has 0 fully saturated rings. The van der Waals surface area contributed by atoms with Gasteiger partial charge in [-0.15, -0.1) is 0 Å². The molecule has 0 aliphatic carbocycles. The largest absolute Gasteiger partial charge is 0.401 e. The molecule has 2 unspecified atom stereocenters. The highest BCUT2D eigenvalue weighted by molar-refractivity contribution is 6.34. The number of hydrogen-bond donors (Lipinski definition) is 0. The highest BCUT2D eigenvalue weighted by Crippen LogP contribution is 2.45. The number of halogens is 5. The fraction of sp³-hybridized carbons (Fsp3) is 0.158. The molecule has 0 amide bonds. The minimum atomic E-state index is -4.67. The summed E-state index contributed by atoms with van der Waals surface area (Å²) >= 11 is 11.9. The topological polar surface area (TPSA) is 76.1 Å². The summed E-state index contributed by atoms with van der Waals surface area (Å²) in [5.41, 5.74) is 0.391. The van der Waals surface area contributed by atoms with Gasteiger partial charge < -0.3 is 4.84 Å². The minimum absolute atomic E-state index is 0.105. The zero-order valence-electron chi connectivity index (χ0n) is 14.8. The Hall–Kier alpha value is -3.09. The first-order valence-electron chi connectivity index (χ1n) is 8.44. The van der Waals surface area contributed by atoms with Crippen molar-refractivity contribution in [3.8, 4) is 11.8 Å². The van der Waals surface area contributed by atoms with Crippen molar-refractivity contribution >= 4 is 28.9 Å². The van der Waals surface area contributed by atoms with E-state index in [0.29, 0.717) is 5.69 Å². The van der Waals surface area contributed by atoms with Crippen molar-refractivity contribution in [1.29, 1.82) is 5.26 Å². The van der Waals surface area contributed by atoms with Crippen molar-refractivity contribution in [2.75, 3.05) is 0 Å². The van der Waals surface area contributed by atoms with Crippen molar-refractivity contribution < 1.29 is 18.0 Å². The third-order valence-electron chi connectivity index (χ3n) is 4.51. The minimum Gasteiger partial charge on any atom is -0.386 e. The smallest absolute Gasteiger partial charge is 0.386 e. The Morgan fingerprint density at radius 2 is 1.83 bits per heavy atom. The summed E-state index contributed by atoms with van der Waals surface area (Å²) in [5.74, 6) is -2.07. The molecule has 1 aromatic heterocycles. The summed E-state index contributed by atoms with van der Waals surface area (Å²) in [6.07, 6.45) is -3.48. The van der Waals surface area contributed by atoms with Gasteiger partial charge in [0.2, 0.25) is 0 Å². The molecule has 1 aliphatic heterocycles. The molecule has 1 aliphatic rings. The van der Waals surface area contributed by atoms with Crippen LogP contribution in [-0.4, -0.2) is 26.7 Å². The second-order valence-corrected chi connectivity index (χ2v) is 7.28. The highest BCUT2D eigenvalue weighted by atomic mass is 35.5. The van der Waals surface area contributed by atoms with E-state index in [1.54, 1.807) is 0 Å². The molecule has 0 saturated carbocycles. The fourth-order valence-electron chi connectivity index (χ4n) is 3.24. The molecule has 6 nitrogen and oxygen atoms in total. The summed E-state index contributed by atoms with van der Waals surface area (Å²) in [4.78, 5) is 8.98. The molecule has 0 spiro atoms. The Kier molecular flexibility index (Phi) is 5.13. The maximum atomic E-state index is 14.0.